The van der Waals surface area contributed by atoms with E-state index >= 15 is 0 Å². The average Bonchev–Trinajstić information content (AvgIpc) is 2.23. The van der Waals surface area contributed by atoms with Crippen LogP contribution >= 0.6 is 11.6 Å². The highest BCUT2D eigenvalue weighted by Crippen LogP contribution is 2.29. The molecule has 1 aromatic rings. The summed E-state index contributed by atoms with van der Waals surface area (Å²) in [5.41, 5.74) is 8.57. The maximum Gasteiger partial charge on any atom is 0.152 e. The smallest absolute Gasteiger partial charge is 0.152 e. The molecule has 74 valence electrons. The van der Waals surface area contributed by atoms with Crippen LogP contribution in [0.2, 0.25) is 5.15 Å². The Labute approximate surface area is 87.5 Å². The zero-order chi connectivity index (χ0) is 9.97. The molecule has 0 saturated heterocycles. The summed E-state index contributed by atoms with van der Waals surface area (Å²) in [6, 6.07) is 1.89. The van der Waals surface area contributed by atoms with Crippen molar-refractivity contribution < 1.29 is 4.74 Å². The zero-order valence-electron chi connectivity index (χ0n) is 7.66. The summed E-state index contributed by atoms with van der Waals surface area (Å²) < 4.78 is 5.23. The van der Waals surface area contributed by atoms with Crippen molar-refractivity contribution in [3.63, 3.8) is 0 Å². The molecule has 1 aromatic heterocycles. The quantitative estimate of drug-likeness (QED) is 0.723. The zero-order valence-corrected chi connectivity index (χ0v) is 8.42. The van der Waals surface area contributed by atoms with Crippen LogP contribution in [0.25, 0.3) is 5.57 Å². The van der Waals surface area contributed by atoms with E-state index in [2.05, 4.69) is 4.98 Å². The van der Waals surface area contributed by atoms with Gasteiger partial charge in [0.15, 0.2) is 5.15 Å². The first-order chi connectivity index (χ1) is 6.79. The van der Waals surface area contributed by atoms with Crippen molar-refractivity contribution in [2.45, 2.75) is 6.42 Å². The third kappa shape index (κ3) is 1.74. The second kappa shape index (κ2) is 3.98. The molecule has 0 amide bonds. The number of halogens is 1. The minimum atomic E-state index is 0.370. The van der Waals surface area contributed by atoms with Crippen molar-refractivity contribution in [1.29, 1.82) is 0 Å². The van der Waals surface area contributed by atoms with Crippen LogP contribution in [0.4, 0.5) is 5.69 Å². The Morgan fingerprint density at radius 2 is 2.36 bits per heavy atom. The first-order valence-corrected chi connectivity index (χ1v) is 4.84. The first kappa shape index (κ1) is 9.49. The van der Waals surface area contributed by atoms with Gasteiger partial charge in [0, 0.05) is 11.8 Å². The molecule has 0 bridgehead atoms. The molecule has 0 radical (unpaired) electrons. The monoisotopic (exact) mass is 210 g/mol. The SMILES string of the molecule is Nc1c(C2=CCOCC2)ccnc1Cl. The number of nitrogens with zero attached hydrogens (tertiary/aromatic N) is 1. The van der Waals surface area contributed by atoms with E-state index < -0.39 is 0 Å². The number of aromatic nitrogens is 1. The number of anilines is 1. The van der Waals surface area contributed by atoms with Crippen LogP contribution in [0, 0.1) is 0 Å². The molecule has 3 nitrogen and oxygen atoms in total. The molecule has 2 heterocycles. The Hall–Kier alpha value is -1.06. The molecule has 1 aliphatic heterocycles. The van der Waals surface area contributed by atoms with E-state index in [4.69, 9.17) is 22.1 Å². The minimum Gasteiger partial charge on any atom is -0.396 e. The van der Waals surface area contributed by atoms with Gasteiger partial charge in [0.1, 0.15) is 0 Å². The standard InChI is InChI=1S/C10H11ClN2O/c11-10-9(12)8(1-4-13-10)7-2-5-14-6-3-7/h1-2,4H,3,5-6,12H2. The Bertz CT molecular complexity index is 376. The summed E-state index contributed by atoms with van der Waals surface area (Å²) >= 11 is 5.84. The molecule has 2 N–H and O–H groups in total. The van der Waals surface area contributed by atoms with Gasteiger partial charge in [-0.05, 0) is 18.1 Å². The van der Waals surface area contributed by atoms with Gasteiger partial charge in [-0.3, -0.25) is 0 Å². The number of hydrogen-bond donors (Lipinski definition) is 1. The second-order valence-electron chi connectivity index (χ2n) is 3.12. The molecule has 0 spiro atoms. The lowest BCUT2D eigenvalue weighted by Gasteiger charge is -2.15. The van der Waals surface area contributed by atoms with E-state index in [1.54, 1.807) is 6.20 Å². The number of nitrogens with two attached hydrogens (primary N) is 1. The highest BCUT2D eigenvalue weighted by Gasteiger charge is 2.11. The van der Waals surface area contributed by atoms with Crippen molar-refractivity contribution in [1.82, 2.24) is 4.98 Å². The normalized spacial score (nSPS) is 16.5. The molecule has 0 unspecified atom stereocenters. The fraction of sp³-hybridized carbons (Fsp3) is 0.300. The predicted molar refractivity (Wildman–Crippen MR) is 57.1 cm³/mol. The van der Waals surface area contributed by atoms with Crippen LogP contribution < -0.4 is 5.73 Å². The van der Waals surface area contributed by atoms with Gasteiger partial charge in [0.05, 0.1) is 18.9 Å². The van der Waals surface area contributed by atoms with Crippen LogP contribution in [0.15, 0.2) is 18.3 Å². The van der Waals surface area contributed by atoms with Crippen LogP contribution in [0.5, 0.6) is 0 Å². The summed E-state index contributed by atoms with van der Waals surface area (Å²) in [7, 11) is 0. The van der Waals surface area contributed by atoms with Crippen molar-refractivity contribution in [2.75, 3.05) is 18.9 Å². The van der Waals surface area contributed by atoms with Crippen molar-refractivity contribution in [2.24, 2.45) is 0 Å². The van der Waals surface area contributed by atoms with Crippen LogP contribution in [-0.4, -0.2) is 18.2 Å². The lowest BCUT2D eigenvalue weighted by molar-refractivity contribution is 0.161. The summed E-state index contributed by atoms with van der Waals surface area (Å²) in [6.07, 6.45) is 4.58. The van der Waals surface area contributed by atoms with Gasteiger partial charge in [-0.1, -0.05) is 17.7 Å². The molecule has 1 aliphatic rings. The summed E-state index contributed by atoms with van der Waals surface area (Å²) in [5.74, 6) is 0. The van der Waals surface area contributed by atoms with E-state index in [-0.39, 0.29) is 0 Å². The number of hydrogen-bond acceptors (Lipinski definition) is 3. The molecule has 2 rings (SSSR count). The van der Waals surface area contributed by atoms with Gasteiger partial charge in [-0.25, -0.2) is 4.98 Å². The third-order valence-corrected chi connectivity index (χ3v) is 2.55. The summed E-state index contributed by atoms with van der Waals surface area (Å²) in [4.78, 5) is 3.92. The van der Waals surface area contributed by atoms with Crippen LogP contribution in [-0.2, 0) is 4.74 Å². The molecule has 0 aliphatic carbocycles. The maximum atomic E-state index is 5.84. The van der Waals surface area contributed by atoms with Crippen molar-refractivity contribution in [3.05, 3.63) is 29.1 Å². The average molecular weight is 211 g/mol. The van der Waals surface area contributed by atoms with E-state index in [0.717, 1.165) is 18.6 Å². The highest BCUT2D eigenvalue weighted by atomic mass is 35.5. The second-order valence-corrected chi connectivity index (χ2v) is 3.48. The molecular formula is C10H11ClN2O. The fourth-order valence-electron chi connectivity index (χ4n) is 1.50. The van der Waals surface area contributed by atoms with Crippen molar-refractivity contribution >= 4 is 22.9 Å². The maximum absolute atomic E-state index is 5.84. The summed E-state index contributed by atoms with van der Waals surface area (Å²) in [6.45, 7) is 1.39. The Morgan fingerprint density at radius 3 is 3.07 bits per heavy atom. The van der Waals surface area contributed by atoms with E-state index in [0.29, 0.717) is 17.4 Å². The molecular weight excluding hydrogens is 200 g/mol. The van der Waals surface area contributed by atoms with Gasteiger partial charge in [0.25, 0.3) is 0 Å². The molecule has 4 heteroatoms. The molecule has 0 fully saturated rings. The topological polar surface area (TPSA) is 48.1 Å². The minimum absolute atomic E-state index is 0.370. The third-order valence-electron chi connectivity index (χ3n) is 2.25. The molecule has 0 saturated carbocycles. The number of pyridine rings is 1. The van der Waals surface area contributed by atoms with E-state index in [9.17, 15) is 0 Å². The molecule has 0 atom stereocenters. The highest BCUT2D eigenvalue weighted by molar-refractivity contribution is 6.32. The number of nitrogen functional groups attached to an aromatic ring is 1. The lowest BCUT2D eigenvalue weighted by atomic mass is 10.0. The van der Waals surface area contributed by atoms with Crippen LogP contribution in [0.1, 0.15) is 12.0 Å². The predicted octanol–water partition coefficient (Wildman–Crippen LogP) is 2.12. The number of rotatable bonds is 1. The number of ether oxygens (including phenoxy) is 1. The Morgan fingerprint density at radius 1 is 1.50 bits per heavy atom. The molecule has 14 heavy (non-hydrogen) atoms. The van der Waals surface area contributed by atoms with Gasteiger partial charge in [0.2, 0.25) is 0 Å². The Kier molecular flexibility index (Phi) is 2.70. The summed E-state index contributed by atoms with van der Waals surface area (Å²) in [5, 5.41) is 0.370. The van der Waals surface area contributed by atoms with Gasteiger partial charge >= 0.3 is 0 Å². The lowest BCUT2D eigenvalue weighted by Crippen LogP contribution is -2.05. The van der Waals surface area contributed by atoms with Gasteiger partial charge < -0.3 is 10.5 Å². The fourth-order valence-corrected chi connectivity index (χ4v) is 1.66. The van der Waals surface area contributed by atoms with Crippen LogP contribution in [0.3, 0.4) is 0 Å². The van der Waals surface area contributed by atoms with Gasteiger partial charge in [-0.2, -0.15) is 0 Å². The van der Waals surface area contributed by atoms with E-state index in [1.807, 2.05) is 12.1 Å². The first-order valence-electron chi connectivity index (χ1n) is 4.46. The molecule has 0 aromatic carbocycles. The van der Waals surface area contributed by atoms with Crippen molar-refractivity contribution in [3.8, 4) is 0 Å². The Balaban J connectivity index is 2.40. The largest absolute Gasteiger partial charge is 0.396 e. The van der Waals surface area contributed by atoms with E-state index in [1.165, 1.54) is 5.57 Å². The van der Waals surface area contributed by atoms with Gasteiger partial charge in [-0.15, -0.1) is 0 Å².